The first-order chi connectivity index (χ1) is 12.3. The summed E-state index contributed by atoms with van der Waals surface area (Å²) in [4.78, 5) is 12.6. The number of hydrogen-bond donors (Lipinski definition) is 2. The van der Waals surface area contributed by atoms with Crippen LogP contribution in [0.1, 0.15) is 49.7 Å². The van der Waals surface area contributed by atoms with Crippen LogP contribution in [0, 0.1) is 11.3 Å². The summed E-state index contributed by atoms with van der Waals surface area (Å²) in [6.45, 7) is 2.38. The zero-order valence-corrected chi connectivity index (χ0v) is 16.0. The van der Waals surface area contributed by atoms with Crippen molar-refractivity contribution < 1.29 is 18.0 Å². The lowest BCUT2D eigenvalue weighted by Gasteiger charge is -2.43. The van der Waals surface area contributed by atoms with Gasteiger partial charge in [0.2, 0.25) is 5.91 Å². The molecule has 1 saturated heterocycles. The van der Waals surface area contributed by atoms with Crippen molar-refractivity contribution in [2.24, 2.45) is 11.3 Å². The summed E-state index contributed by atoms with van der Waals surface area (Å²) in [5.41, 5.74) is -0.0690. The van der Waals surface area contributed by atoms with Crippen molar-refractivity contribution in [3.05, 3.63) is 35.4 Å². The van der Waals surface area contributed by atoms with Crippen molar-refractivity contribution in [3.63, 3.8) is 0 Å². The Kier molecular flexibility index (Phi) is 5.52. The molecule has 3 nitrogen and oxygen atoms in total. The molecule has 150 valence electrons. The third kappa shape index (κ3) is 3.83. The van der Waals surface area contributed by atoms with Crippen molar-refractivity contribution in [2.45, 2.75) is 50.1 Å². The van der Waals surface area contributed by atoms with E-state index >= 15 is 0 Å². The molecule has 0 bridgehead atoms. The van der Waals surface area contributed by atoms with Crippen LogP contribution in [-0.4, -0.2) is 25.5 Å². The molecule has 1 aliphatic heterocycles. The second kappa shape index (κ2) is 7.28. The summed E-state index contributed by atoms with van der Waals surface area (Å²) in [5.74, 6) is 0.174. The third-order valence-electron chi connectivity index (χ3n) is 6.82. The van der Waals surface area contributed by atoms with Gasteiger partial charge in [-0.1, -0.05) is 24.6 Å². The van der Waals surface area contributed by atoms with Gasteiger partial charge in [-0.15, -0.1) is 12.4 Å². The quantitative estimate of drug-likeness (QED) is 0.797. The third-order valence-corrected chi connectivity index (χ3v) is 6.82. The van der Waals surface area contributed by atoms with E-state index in [-0.39, 0.29) is 35.1 Å². The number of piperidine rings is 1. The van der Waals surface area contributed by atoms with Crippen molar-refractivity contribution in [1.82, 2.24) is 10.6 Å². The number of rotatable bonds is 4. The van der Waals surface area contributed by atoms with Gasteiger partial charge in [-0.25, -0.2) is 0 Å². The van der Waals surface area contributed by atoms with Crippen LogP contribution in [0.2, 0.25) is 0 Å². The second-order valence-corrected chi connectivity index (χ2v) is 8.30. The lowest BCUT2D eigenvalue weighted by molar-refractivity contribution is -0.137. The molecule has 1 amide bonds. The van der Waals surface area contributed by atoms with Crippen LogP contribution in [-0.2, 0) is 16.4 Å². The van der Waals surface area contributed by atoms with Gasteiger partial charge in [0.05, 0.1) is 5.56 Å². The fourth-order valence-electron chi connectivity index (χ4n) is 4.77. The Labute approximate surface area is 163 Å². The van der Waals surface area contributed by atoms with E-state index < -0.39 is 11.7 Å². The molecule has 2 N–H and O–H groups in total. The SMILES string of the molecule is Cl.O=C(NCC1(c2cccc(C(F)(F)F)c2)CCC1)C1CC12CCNCC2. The first kappa shape index (κ1) is 20.5. The van der Waals surface area contributed by atoms with E-state index in [1.165, 1.54) is 12.1 Å². The van der Waals surface area contributed by atoms with E-state index in [4.69, 9.17) is 0 Å². The smallest absolute Gasteiger partial charge is 0.355 e. The minimum atomic E-state index is -4.33. The molecule has 1 spiro atoms. The molecular weight excluding hydrogens is 377 g/mol. The molecule has 4 rings (SSSR count). The van der Waals surface area contributed by atoms with Crippen LogP contribution in [0.5, 0.6) is 0 Å². The molecule has 27 heavy (non-hydrogen) atoms. The summed E-state index contributed by atoms with van der Waals surface area (Å²) >= 11 is 0. The van der Waals surface area contributed by atoms with Crippen LogP contribution in [0.25, 0.3) is 0 Å². The van der Waals surface area contributed by atoms with Gasteiger partial charge in [-0.3, -0.25) is 4.79 Å². The van der Waals surface area contributed by atoms with Gasteiger partial charge >= 0.3 is 6.18 Å². The molecule has 0 radical (unpaired) electrons. The summed E-state index contributed by atoms with van der Waals surface area (Å²) in [7, 11) is 0. The fourth-order valence-corrected chi connectivity index (χ4v) is 4.77. The average Bonchev–Trinajstić information content (AvgIpc) is 3.27. The minimum absolute atomic E-state index is 0. The van der Waals surface area contributed by atoms with Crippen molar-refractivity contribution in [3.8, 4) is 0 Å². The molecule has 3 aliphatic rings. The summed E-state index contributed by atoms with van der Waals surface area (Å²) < 4.78 is 39.1. The Morgan fingerprint density at radius 3 is 2.48 bits per heavy atom. The number of carbonyl (C=O) groups is 1. The van der Waals surface area contributed by atoms with Crippen LogP contribution in [0.15, 0.2) is 24.3 Å². The molecule has 1 aromatic carbocycles. The number of amides is 1. The maximum atomic E-state index is 13.0. The fraction of sp³-hybridized carbons (Fsp3) is 0.650. The predicted octanol–water partition coefficient (Wildman–Crippen LogP) is 4.05. The van der Waals surface area contributed by atoms with E-state index in [1.54, 1.807) is 6.07 Å². The number of halogens is 4. The first-order valence-corrected chi connectivity index (χ1v) is 9.51. The van der Waals surface area contributed by atoms with Crippen LogP contribution in [0.4, 0.5) is 13.2 Å². The van der Waals surface area contributed by atoms with Gasteiger partial charge < -0.3 is 10.6 Å². The van der Waals surface area contributed by atoms with Crippen molar-refractivity contribution in [2.75, 3.05) is 19.6 Å². The van der Waals surface area contributed by atoms with Crippen molar-refractivity contribution in [1.29, 1.82) is 0 Å². The van der Waals surface area contributed by atoms with Crippen LogP contribution >= 0.6 is 12.4 Å². The monoisotopic (exact) mass is 402 g/mol. The lowest BCUT2D eigenvalue weighted by atomic mass is 9.64. The molecule has 0 aromatic heterocycles. The van der Waals surface area contributed by atoms with E-state index in [0.29, 0.717) is 12.1 Å². The highest BCUT2D eigenvalue weighted by molar-refractivity contribution is 5.85. The van der Waals surface area contributed by atoms with E-state index in [0.717, 1.165) is 57.7 Å². The number of carbonyl (C=O) groups excluding carboxylic acids is 1. The zero-order valence-electron chi connectivity index (χ0n) is 15.2. The molecule has 7 heteroatoms. The highest BCUT2D eigenvalue weighted by Gasteiger charge is 2.57. The van der Waals surface area contributed by atoms with Gasteiger partial charge in [-0.2, -0.15) is 13.2 Å². The number of nitrogens with one attached hydrogen (secondary N) is 2. The largest absolute Gasteiger partial charge is 0.416 e. The lowest BCUT2D eigenvalue weighted by Crippen LogP contribution is -2.46. The van der Waals surface area contributed by atoms with Gasteiger partial charge in [-0.05, 0) is 62.2 Å². The molecule has 1 atom stereocenters. The normalized spacial score (nSPS) is 25.2. The van der Waals surface area contributed by atoms with Crippen LogP contribution < -0.4 is 10.6 Å². The maximum absolute atomic E-state index is 13.0. The summed E-state index contributed by atoms with van der Waals surface area (Å²) in [5, 5.41) is 6.40. The van der Waals surface area contributed by atoms with E-state index in [2.05, 4.69) is 10.6 Å². The van der Waals surface area contributed by atoms with Crippen LogP contribution in [0.3, 0.4) is 0 Å². The Hall–Kier alpha value is -1.27. The average molecular weight is 403 g/mol. The molecule has 2 aliphatic carbocycles. The molecule has 2 saturated carbocycles. The van der Waals surface area contributed by atoms with E-state index in [9.17, 15) is 18.0 Å². The Morgan fingerprint density at radius 2 is 1.89 bits per heavy atom. The van der Waals surface area contributed by atoms with Crippen molar-refractivity contribution >= 4 is 18.3 Å². The molecule has 1 heterocycles. The minimum Gasteiger partial charge on any atom is -0.355 e. The topological polar surface area (TPSA) is 41.1 Å². The predicted molar refractivity (Wildman–Crippen MR) is 99.9 cm³/mol. The molecule has 1 aromatic rings. The standard InChI is InChI=1S/C20H25F3N2O.ClH/c21-20(22,23)15-4-1-3-14(11-15)19(5-2-6-19)13-25-17(26)16-12-18(16)7-9-24-10-8-18;/h1,3-4,11,16,24H,2,5-10,12-13H2,(H,25,26);1H. The summed E-state index contributed by atoms with van der Waals surface area (Å²) in [6.07, 6.45) is 1.36. The number of hydrogen-bond acceptors (Lipinski definition) is 2. The Balaban J connectivity index is 0.00000210. The van der Waals surface area contributed by atoms with Gasteiger partial charge in [0.25, 0.3) is 0 Å². The molecule has 3 fully saturated rings. The molecular formula is C20H26ClF3N2O. The number of benzene rings is 1. The Morgan fingerprint density at radius 1 is 1.19 bits per heavy atom. The highest BCUT2D eigenvalue weighted by atomic mass is 35.5. The zero-order chi connectivity index (χ0) is 18.4. The Bertz CT molecular complexity index is 697. The number of alkyl halides is 3. The van der Waals surface area contributed by atoms with Gasteiger partial charge in [0, 0.05) is 17.9 Å². The molecule has 1 unspecified atom stereocenters. The summed E-state index contributed by atoms with van der Waals surface area (Å²) in [6, 6.07) is 5.62. The van der Waals surface area contributed by atoms with Gasteiger partial charge in [0.15, 0.2) is 0 Å². The first-order valence-electron chi connectivity index (χ1n) is 9.51. The van der Waals surface area contributed by atoms with E-state index in [1.807, 2.05) is 0 Å². The highest BCUT2D eigenvalue weighted by Crippen LogP contribution is 2.58. The maximum Gasteiger partial charge on any atom is 0.416 e. The van der Waals surface area contributed by atoms with Gasteiger partial charge in [0.1, 0.15) is 0 Å². The second-order valence-electron chi connectivity index (χ2n) is 8.30.